The summed E-state index contributed by atoms with van der Waals surface area (Å²) >= 11 is 0. The van der Waals surface area contributed by atoms with Crippen molar-refractivity contribution in [1.82, 2.24) is 0 Å². The van der Waals surface area contributed by atoms with Gasteiger partial charge in [-0.25, -0.2) is 0 Å². The van der Waals surface area contributed by atoms with Crippen LogP contribution in [0.1, 0.15) is 16.9 Å². The Bertz CT molecular complexity index is 460. The van der Waals surface area contributed by atoms with E-state index >= 15 is 0 Å². The molecule has 0 atom stereocenters. The van der Waals surface area contributed by atoms with Gasteiger partial charge < -0.3 is 4.42 Å². The SMILES string of the molecule is C#C[CH]c1coc(Cc2ccccc2)c1. The maximum atomic E-state index is 5.39. The Balaban J connectivity index is 2.09. The van der Waals surface area contributed by atoms with Gasteiger partial charge in [0.2, 0.25) is 0 Å². The van der Waals surface area contributed by atoms with Crippen molar-refractivity contribution in [3.8, 4) is 12.3 Å². The zero-order valence-corrected chi connectivity index (χ0v) is 8.31. The first-order valence-electron chi connectivity index (χ1n) is 4.79. The molecule has 1 heteroatoms. The predicted octanol–water partition coefficient (Wildman–Crippen LogP) is 3.06. The third-order valence-corrected chi connectivity index (χ3v) is 2.15. The van der Waals surface area contributed by atoms with Crippen LogP contribution in [0.3, 0.4) is 0 Å². The highest BCUT2D eigenvalue weighted by molar-refractivity contribution is 5.31. The summed E-state index contributed by atoms with van der Waals surface area (Å²) in [6.07, 6.45) is 9.35. The lowest BCUT2D eigenvalue weighted by Gasteiger charge is -1.95. The van der Waals surface area contributed by atoms with Gasteiger partial charge in [0.15, 0.2) is 0 Å². The number of hydrogen-bond donors (Lipinski definition) is 0. The van der Waals surface area contributed by atoms with Gasteiger partial charge in [0.1, 0.15) is 5.76 Å². The van der Waals surface area contributed by atoms with Crippen molar-refractivity contribution >= 4 is 0 Å². The van der Waals surface area contributed by atoms with Crippen LogP contribution in [0.5, 0.6) is 0 Å². The zero-order chi connectivity index (χ0) is 10.5. The Kier molecular flexibility index (Phi) is 2.90. The van der Waals surface area contributed by atoms with Crippen molar-refractivity contribution in [1.29, 1.82) is 0 Å². The second-order valence-corrected chi connectivity index (χ2v) is 3.32. The molecule has 2 aromatic rings. The van der Waals surface area contributed by atoms with Crippen LogP contribution in [0.15, 0.2) is 47.1 Å². The third-order valence-electron chi connectivity index (χ3n) is 2.15. The smallest absolute Gasteiger partial charge is 0.108 e. The highest BCUT2D eigenvalue weighted by atomic mass is 16.3. The van der Waals surface area contributed by atoms with Crippen LogP contribution in [0.2, 0.25) is 0 Å². The molecule has 0 unspecified atom stereocenters. The van der Waals surface area contributed by atoms with Gasteiger partial charge in [-0.3, -0.25) is 0 Å². The Morgan fingerprint density at radius 2 is 2.07 bits per heavy atom. The highest BCUT2D eigenvalue weighted by Crippen LogP contribution is 2.13. The lowest BCUT2D eigenvalue weighted by atomic mass is 10.1. The monoisotopic (exact) mass is 195 g/mol. The van der Waals surface area contributed by atoms with Crippen molar-refractivity contribution in [3.05, 3.63) is 66.0 Å². The predicted molar refractivity (Wildman–Crippen MR) is 60.2 cm³/mol. The van der Waals surface area contributed by atoms with E-state index in [1.54, 1.807) is 12.7 Å². The Morgan fingerprint density at radius 1 is 1.27 bits per heavy atom. The first-order chi connectivity index (χ1) is 7.38. The molecule has 1 aromatic carbocycles. The Labute approximate surface area is 89.7 Å². The lowest BCUT2D eigenvalue weighted by molar-refractivity contribution is 0.520. The van der Waals surface area contributed by atoms with Gasteiger partial charge in [0.05, 0.1) is 12.7 Å². The normalized spacial score (nSPS) is 9.80. The molecular formula is C14H11O. The average molecular weight is 195 g/mol. The molecule has 0 amide bonds. The molecule has 1 heterocycles. The van der Waals surface area contributed by atoms with E-state index < -0.39 is 0 Å². The second-order valence-electron chi connectivity index (χ2n) is 3.32. The number of rotatable bonds is 3. The molecule has 0 aliphatic heterocycles. The molecule has 0 N–H and O–H groups in total. The number of hydrogen-bond acceptors (Lipinski definition) is 1. The van der Waals surface area contributed by atoms with Crippen molar-refractivity contribution in [3.63, 3.8) is 0 Å². The fourth-order valence-electron chi connectivity index (χ4n) is 1.46. The molecule has 1 nitrogen and oxygen atoms in total. The zero-order valence-electron chi connectivity index (χ0n) is 8.31. The molecule has 2 rings (SSSR count). The molecular weight excluding hydrogens is 184 g/mol. The van der Waals surface area contributed by atoms with E-state index in [1.807, 2.05) is 24.3 Å². The molecule has 1 radical (unpaired) electrons. The van der Waals surface area contributed by atoms with Crippen LogP contribution in [0.4, 0.5) is 0 Å². The topological polar surface area (TPSA) is 13.1 Å². The summed E-state index contributed by atoms with van der Waals surface area (Å²) in [6.45, 7) is 0. The van der Waals surface area contributed by atoms with E-state index in [9.17, 15) is 0 Å². The van der Waals surface area contributed by atoms with Gasteiger partial charge in [0.25, 0.3) is 0 Å². The molecule has 0 saturated carbocycles. The van der Waals surface area contributed by atoms with Gasteiger partial charge in [-0.1, -0.05) is 36.3 Å². The maximum absolute atomic E-state index is 5.39. The van der Waals surface area contributed by atoms with Crippen molar-refractivity contribution in [2.45, 2.75) is 6.42 Å². The van der Waals surface area contributed by atoms with Crippen LogP contribution in [0.25, 0.3) is 0 Å². The van der Waals surface area contributed by atoms with Gasteiger partial charge >= 0.3 is 0 Å². The molecule has 1 aromatic heterocycles. The van der Waals surface area contributed by atoms with Crippen molar-refractivity contribution in [2.75, 3.05) is 0 Å². The summed E-state index contributed by atoms with van der Waals surface area (Å²) in [6, 6.07) is 12.2. The van der Waals surface area contributed by atoms with E-state index in [0.29, 0.717) is 0 Å². The number of benzene rings is 1. The molecule has 0 spiro atoms. The molecule has 0 aliphatic carbocycles. The van der Waals surface area contributed by atoms with E-state index in [4.69, 9.17) is 10.8 Å². The van der Waals surface area contributed by atoms with Gasteiger partial charge in [-0.05, 0) is 11.6 Å². The standard InChI is InChI=1S/C14H11O/c1-2-6-13-10-14(15-11-13)9-12-7-4-3-5-8-12/h1,3-8,10-11H,9H2. The summed E-state index contributed by atoms with van der Waals surface area (Å²) in [5, 5.41) is 0. The number of furan rings is 1. The summed E-state index contributed by atoms with van der Waals surface area (Å²) in [5.74, 6) is 3.41. The maximum Gasteiger partial charge on any atom is 0.108 e. The summed E-state index contributed by atoms with van der Waals surface area (Å²) in [4.78, 5) is 0. The van der Waals surface area contributed by atoms with E-state index in [1.165, 1.54) is 5.56 Å². The minimum Gasteiger partial charge on any atom is -0.469 e. The molecule has 15 heavy (non-hydrogen) atoms. The largest absolute Gasteiger partial charge is 0.469 e. The van der Waals surface area contributed by atoms with Gasteiger partial charge in [0, 0.05) is 12.0 Å². The quantitative estimate of drug-likeness (QED) is 0.686. The van der Waals surface area contributed by atoms with Gasteiger partial charge in [-0.15, -0.1) is 6.42 Å². The molecule has 0 saturated heterocycles. The van der Waals surface area contributed by atoms with Crippen molar-refractivity contribution < 1.29 is 4.42 Å². The molecule has 0 bridgehead atoms. The number of terminal acetylenes is 1. The minimum atomic E-state index is 0.805. The summed E-state index contributed by atoms with van der Waals surface area (Å²) in [5.41, 5.74) is 2.18. The second kappa shape index (κ2) is 4.52. The van der Waals surface area contributed by atoms with E-state index in [0.717, 1.165) is 17.7 Å². The highest BCUT2D eigenvalue weighted by Gasteiger charge is 2.01. The van der Waals surface area contributed by atoms with E-state index in [-0.39, 0.29) is 0 Å². The van der Waals surface area contributed by atoms with Crippen LogP contribution < -0.4 is 0 Å². The van der Waals surface area contributed by atoms with Crippen LogP contribution in [0, 0.1) is 18.8 Å². The fraction of sp³-hybridized carbons (Fsp3) is 0.0714. The molecule has 73 valence electrons. The van der Waals surface area contributed by atoms with Crippen molar-refractivity contribution in [2.24, 2.45) is 0 Å². The fourth-order valence-corrected chi connectivity index (χ4v) is 1.46. The third kappa shape index (κ3) is 2.51. The molecule has 0 aliphatic rings. The summed E-state index contributed by atoms with van der Waals surface area (Å²) in [7, 11) is 0. The first kappa shape index (κ1) is 9.61. The summed E-state index contributed by atoms with van der Waals surface area (Å²) < 4.78 is 5.39. The first-order valence-corrected chi connectivity index (χ1v) is 4.79. The van der Waals surface area contributed by atoms with E-state index in [2.05, 4.69) is 18.1 Å². The minimum absolute atomic E-state index is 0.805. The Hall–Kier alpha value is -1.94. The average Bonchev–Trinajstić information content (AvgIpc) is 2.68. The molecule has 0 fully saturated rings. The van der Waals surface area contributed by atoms with Gasteiger partial charge in [-0.2, -0.15) is 0 Å². The van der Waals surface area contributed by atoms with Crippen LogP contribution in [-0.2, 0) is 6.42 Å². The van der Waals surface area contributed by atoms with Crippen LogP contribution in [-0.4, -0.2) is 0 Å². The lowest BCUT2D eigenvalue weighted by Crippen LogP contribution is -1.83. The van der Waals surface area contributed by atoms with Crippen LogP contribution >= 0.6 is 0 Å². The Morgan fingerprint density at radius 3 is 2.80 bits per heavy atom.